The number of methoxy groups -OCH3 is 1. The highest BCUT2D eigenvalue weighted by molar-refractivity contribution is 5.77. The number of carbonyl (C=O) groups is 1. The summed E-state index contributed by atoms with van der Waals surface area (Å²) in [5.41, 5.74) is 2.21. The van der Waals surface area contributed by atoms with Crippen LogP contribution in [0.15, 0.2) is 6.07 Å². The van der Waals surface area contributed by atoms with E-state index in [1.54, 1.807) is 7.11 Å². The Labute approximate surface area is 150 Å². The van der Waals surface area contributed by atoms with Crippen molar-refractivity contribution in [1.29, 1.82) is 0 Å². The molecule has 25 heavy (non-hydrogen) atoms. The second kappa shape index (κ2) is 7.68. The predicted molar refractivity (Wildman–Crippen MR) is 97.7 cm³/mol. The standard InChI is InChI=1S/C19H30N4O2/c1-15-12-16(2)21-18(20-15)23-9-4-7-19(14-23)8-6-17(24)22(13-19)10-5-11-25-3/h12H,4-11,13-14H2,1-3H3. The van der Waals surface area contributed by atoms with E-state index in [0.29, 0.717) is 18.9 Å². The molecule has 0 N–H and O–H groups in total. The van der Waals surface area contributed by atoms with E-state index in [2.05, 4.69) is 14.9 Å². The fraction of sp³-hybridized carbons (Fsp3) is 0.737. The van der Waals surface area contributed by atoms with Gasteiger partial charge in [0, 0.05) is 63.1 Å². The van der Waals surface area contributed by atoms with Gasteiger partial charge in [0.2, 0.25) is 11.9 Å². The Balaban J connectivity index is 1.71. The topological polar surface area (TPSA) is 58.6 Å². The van der Waals surface area contributed by atoms with Gasteiger partial charge in [0.05, 0.1) is 0 Å². The summed E-state index contributed by atoms with van der Waals surface area (Å²) in [6.45, 7) is 8.36. The van der Waals surface area contributed by atoms with Gasteiger partial charge in [0.1, 0.15) is 0 Å². The van der Waals surface area contributed by atoms with Crippen molar-refractivity contribution in [1.82, 2.24) is 14.9 Å². The van der Waals surface area contributed by atoms with Gasteiger partial charge >= 0.3 is 0 Å². The van der Waals surface area contributed by atoms with Crippen molar-refractivity contribution < 1.29 is 9.53 Å². The largest absolute Gasteiger partial charge is 0.385 e. The molecule has 1 spiro atoms. The van der Waals surface area contributed by atoms with Gasteiger partial charge in [-0.05, 0) is 45.6 Å². The lowest BCUT2D eigenvalue weighted by Gasteiger charge is -2.48. The number of aryl methyl sites for hydroxylation is 2. The van der Waals surface area contributed by atoms with Gasteiger partial charge < -0.3 is 14.5 Å². The van der Waals surface area contributed by atoms with Gasteiger partial charge in [-0.2, -0.15) is 0 Å². The third kappa shape index (κ3) is 4.29. The summed E-state index contributed by atoms with van der Waals surface area (Å²) >= 11 is 0. The van der Waals surface area contributed by atoms with Crippen LogP contribution in [0.2, 0.25) is 0 Å². The number of piperidine rings is 2. The molecular weight excluding hydrogens is 316 g/mol. The molecular formula is C19H30N4O2. The molecule has 6 heteroatoms. The Hall–Kier alpha value is -1.69. The first-order valence-electron chi connectivity index (χ1n) is 9.35. The number of likely N-dealkylation sites (tertiary alicyclic amines) is 1. The fourth-order valence-electron chi connectivity index (χ4n) is 4.27. The van der Waals surface area contributed by atoms with E-state index in [1.165, 1.54) is 6.42 Å². The number of hydrogen-bond donors (Lipinski definition) is 0. The Morgan fingerprint density at radius 1 is 1.20 bits per heavy atom. The van der Waals surface area contributed by atoms with Crippen LogP contribution in [0, 0.1) is 19.3 Å². The van der Waals surface area contributed by atoms with E-state index in [0.717, 1.165) is 62.8 Å². The first-order chi connectivity index (χ1) is 12.0. The first-order valence-corrected chi connectivity index (χ1v) is 9.35. The molecule has 2 fully saturated rings. The zero-order valence-corrected chi connectivity index (χ0v) is 15.8. The molecule has 1 aromatic rings. The average Bonchev–Trinajstić information content (AvgIpc) is 2.58. The van der Waals surface area contributed by atoms with Crippen LogP contribution in [0.3, 0.4) is 0 Å². The summed E-state index contributed by atoms with van der Waals surface area (Å²) in [5.74, 6) is 1.14. The lowest BCUT2D eigenvalue weighted by Crippen LogP contribution is -2.54. The third-order valence-corrected chi connectivity index (χ3v) is 5.44. The van der Waals surface area contributed by atoms with E-state index < -0.39 is 0 Å². The molecule has 2 aliphatic heterocycles. The summed E-state index contributed by atoms with van der Waals surface area (Å²) < 4.78 is 5.14. The van der Waals surface area contributed by atoms with E-state index in [9.17, 15) is 4.79 Å². The molecule has 0 saturated carbocycles. The molecule has 2 saturated heterocycles. The lowest BCUT2D eigenvalue weighted by molar-refractivity contribution is -0.138. The van der Waals surface area contributed by atoms with Gasteiger partial charge in [0.15, 0.2) is 0 Å². The van der Waals surface area contributed by atoms with Crippen LogP contribution < -0.4 is 4.90 Å². The van der Waals surface area contributed by atoms with Crippen molar-refractivity contribution in [3.05, 3.63) is 17.5 Å². The molecule has 0 aromatic carbocycles. The van der Waals surface area contributed by atoms with Crippen LogP contribution in [-0.4, -0.2) is 60.7 Å². The van der Waals surface area contributed by atoms with Gasteiger partial charge in [-0.15, -0.1) is 0 Å². The molecule has 2 aliphatic rings. The number of anilines is 1. The average molecular weight is 346 g/mol. The predicted octanol–water partition coefficient (Wildman–Crippen LogP) is 2.34. The zero-order valence-electron chi connectivity index (χ0n) is 15.8. The summed E-state index contributed by atoms with van der Waals surface area (Å²) in [6, 6.07) is 2.01. The molecule has 138 valence electrons. The van der Waals surface area contributed by atoms with Crippen LogP contribution in [0.4, 0.5) is 5.95 Å². The third-order valence-electron chi connectivity index (χ3n) is 5.44. The molecule has 1 aromatic heterocycles. The number of amides is 1. The Bertz CT molecular complexity index is 601. The maximum Gasteiger partial charge on any atom is 0.225 e. The highest BCUT2D eigenvalue weighted by Crippen LogP contribution is 2.39. The molecule has 0 bridgehead atoms. The number of aromatic nitrogens is 2. The van der Waals surface area contributed by atoms with Crippen molar-refractivity contribution in [2.45, 2.75) is 46.0 Å². The SMILES string of the molecule is COCCCN1CC2(CCCN(c3nc(C)cc(C)n3)C2)CCC1=O. The zero-order chi connectivity index (χ0) is 17.9. The summed E-state index contributed by atoms with van der Waals surface area (Å²) in [6.07, 6.45) is 4.86. The van der Waals surface area contributed by atoms with E-state index in [1.807, 2.05) is 24.8 Å². The van der Waals surface area contributed by atoms with E-state index >= 15 is 0 Å². The minimum absolute atomic E-state index is 0.181. The molecule has 1 unspecified atom stereocenters. The molecule has 3 rings (SSSR count). The number of ether oxygens (including phenoxy) is 1. The summed E-state index contributed by atoms with van der Waals surface area (Å²) in [5, 5.41) is 0. The minimum Gasteiger partial charge on any atom is -0.385 e. The maximum absolute atomic E-state index is 12.3. The van der Waals surface area contributed by atoms with Crippen molar-refractivity contribution >= 4 is 11.9 Å². The van der Waals surface area contributed by atoms with Crippen LogP contribution in [-0.2, 0) is 9.53 Å². The van der Waals surface area contributed by atoms with Crippen molar-refractivity contribution in [2.24, 2.45) is 5.41 Å². The Kier molecular flexibility index (Phi) is 5.57. The quantitative estimate of drug-likeness (QED) is 0.766. The highest BCUT2D eigenvalue weighted by Gasteiger charge is 2.42. The molecule has 6 nitrogen and oxygen atoms in total. The second-order valence-corrected chi connectivity index (χ2v) is 7.64. The van der Waals surface area contributed by atoms with Crippen molar-refractivity contribution in [3.8, 4) is 0 Å². The van der Waals surface area contributed by atoms with Gasteiger partial charge in [-0.3, -0.25) is 4.79 Å². The smallest absolute Gasteiger partial charge is 0.225 e. The number of carbonyl (C=O) groups excluding carboxylic acids is 1. The Morgan fingerprint density at radius 2 is 1.96 bits per heavy atom. The monoisotopic (exact) mass is 346 g/mol. The Morgan fingerprint density at radius 3 is 2.68 bits per heavy atom. The van der Waals surface area contributed by atoms with Crippen LogP contribution in [0.25, 0.3) is 0 Å². The lowest BCUT2D eigenvalue weighted by atomic mass is 9.73. The highest BCUT2D eigenvalue weighted by atomic mass is 16.5. The maximum atomic E-state index is 12.3. The van der Waals surface area contributed by atoms with E-state index in [4.69, 9.17) is 4.74 Å². The number of hydrogen-bond acceptors (Lipinski definition) is 5. The molecule has 3 heterocycles. The molecule has 1 atom stereocenters. The fourth-order valence-corrected chi connectivity index (χ4v) is 4.27. The van der Waals surface area contributed by atoms with E-state index in [-0.39, 0.29) is 5.41 Å². The molecule has 1 amide bonds. The number of nitrogens with zero attached hydrogens (tertiary/aromatic N) is 4. The normalized spacial score (nSPS) is 24.2. The first kappa shape index (κ1) is 18.1. The van der Waals surface area contributed by atoms with Crippen LogP contribution >= 0.6 is 0 Å². The number of rotatable bonds is 5. The summed E-state index contributed by atoms with van der Waals surface area (Å²) in [7, 11) is 1.71. The van der Waals surface area contributed by atoms with Crippen LogP contribution in [0.5, 0.6) is 0 Å². The second-order valence-electron chi connectivity index (χ2n) is 7.64. The molecule has 0 aliphatic carbocycles. The van der Waals surface area contributed by atoms with Gasteiger partial charge in [-0.25, -0.2) is 9.97 Å². The van der Waals surface area contributed by atoms with Crippen molar-refractivity contribution in [2.75, 3.05) is 44.8 Å². The van der Waals surface area contributed by atoms with Gasteiger partial charge in [0.25, 0.3) is 0 Å². The summed E-state index contributed by atoms with van der Waals surface area (Å²) in [4.78, 5) is 26.0. The minimum atomic E-state index is 0.181. The molecule has 0 radical (unpaired) electrons. The van der Waals surface area contributed by atoms with Crippen molar-refractivity contribution in [3.63, 3.8) is 0 Å². The van der Waals surface area contributed by atoms with Gasteiger partial charge in [-0.1, -0.05) is 0 Å². The van der Waals surface area contributed by atoms with Crippen LogP contribution in [0.1, 0.15) is 43.5 Å².